The largest absolute Gasteiger partial charge is 0.480 e. The minimum atomic E-state index is -0.992. The van der Waals surface area contributed by atoms with Crippen molar-refractivity contribution in [2.75, 3.05) is 0 Å². The van der Waals surface area contributed by atoms with E-state index in [0.29, 0.717) is 6.42 Å². The first kappa shape index (κ1) is 14.0. The number of rotatable bonds is 4. The second-order valence-corrected chi connectivity index (χ2v) is 4.74. The second-order valence-electron chi connectivity index (χ2n) is 4.74. The van der Waals surface area contributed by atoms with Gasteiger partial charge in [-0.2, -0.15) is 0 Å². The molecule has 4 unspecified atom stereocenters. The molecule has 98 valence electrons. The highest BCUT2D eigenvalue weighted by Gasteiger charge is 2.42. The topological polar surface area (TPSA) is 75.6 Å². The summed E-state index contributed by atoms with van der Waals surface area (Å²) in [4.78, 5) is 22.9. The Bertz CT molecular complexity index is 305. The van der Waals surface area contributed by atoms with Crippen LogP contribution in [0.2, 0.25) is 0 Å². The van der Waals surface area contributed by atoms with Crippen LogP contribution in [-0.4, -0.2) is 35.2 Å². The third-order valence-corrected chi connectivity index (χ3v) is 3.57. The van der Waals surface area contributed by atoms with Gasteiger partial charge in [-0.3, -0.25) is 4.79 Å². The third-order valence-electron chi connectivity index (χ3n) is 3.57. The van der Waals surface area contributed by atoms with Gasteiger partial charge in [-0.25, -0.2) is 4.79 Å². The molecule has 5 atom stereocenters. The zero-order valence-electron chi connectivity index (χ0n) is 10.8. The second kappa shape index (κ2) is 5.49. The van der Waals surface area contributed by atoms with Crippen LogP contribution in [0, 0.1) is 11.8 Å². The molecule has 0 aromatic carbocycles. The van der Waals surface area contributed by atoms with Gasteiger partial charge < -0.3 is 15.2 Å². The van der Waals surface area contributed by atoms with Crippen LogP contribution < -0.4 is 5.32 Å². The Labute approximate surface area is 102 Å². The lowest BCUT2D eigenvalue weighted by Crippen LogP contribution is -2.46. The lowest BCUT2D eigenvalue weighted by atomic mass is 9.88. The minimum absolute atomic E-state index is 0.0330. The number of carboxylic acids is 1. The molecule has 1 aliphatic heterocycles. The SMILES string of the molecule is CC[C@H](NC(=O)C1C(C)OC(C)C1C)C(=O)O. The van der Waals surface area contributed by atoms with Crippen molar-refractivity contribution >= 4 is 11.9 Å². The molecule has 0 radical (unpaired) electrons. The van der Waals surface area contributed by atoms with E-state index in [1.807, 2.05) is 20.8 Å². The molecule has 2 N–H and O–H groups in total. The molecule has 0 aliphatic carbocycles. The third kappa shape index (κ3) is 2.97. The van der Waals surface area contributed by atoms with Crippen LogP contribution in [0.4, 0.5) is 0 Å². The van der Waals surface area contributed by atoms with Gasteiger partial charge in [0.15, 0.2) is 0 Å². The minimum Gasteiger partial charge on any atom is -0.480 e. The number of ether oxygens (including phenoxy) is 1. The van der Waals surface area contributed by atoms with Gasteiger partial charge in [-0.1, -0.05) is 13.8 Å². The summed E-state index contributed by atoms with van der Waals surface area (Å²) in [5.41, 5.74) is 0. The highest BCUT2D eigenvalue weighted by atomic mass is 16.5. The average molecular weight is 243 g/mol. The lowest BCUT2D eigenvalue weighted by molar-refractivity contribution is -0.143. The smallest absolute Gasteiger partial charge is 0.326 e. The summed E-state index contributed by atoms with van der Waals surface area (Å²) < 4.78 is 5.57. The Morgan fingerprint density at radius 1 is 1.29 bits per heavy atom. The maximum absolute atomic E-state index is 12.0. The number of hydrogen-bond donors (Lipinski definition) is 2. The van der Waals surface area contributed by atoms with Crippen molar-refractivity contribution in [2.24, 2.45) is 11.8 Å². The summed E-state index contributed by atoms with van der Waals surface area (Å²) in [6, 6.07) is -0.808. The number of carbonyl (C=O) groups excluding carboxylic acids is 1. The van der Waals surface area contributed by atoms with Gasteiger partial charge in [-0.15, -0.1) is 0 Å². The van der Waals surface area contributed by atoms with Gasteiger partial charge in [0, 0.05) is 0 Å². The molecule has 1 saturated heterocycles. The highest BCUT2D eigenvalue weighted by molar-refractivity contribution is 5.85. The summed E-state index contributed by atoms with van der Waals surface area (Å²) in [5, 5.41) is 11.5. The predicted molar refractivity (Wildman–Crippen MR) is 62.5 cm³/mol. The maximum atomic E-state index is 12.0. The van der Waals surface area contributed by atoms with Gasteiger partial charge in [0.25, 0.3) is 0 Å². The maximum Gasteiger partial charge on any atom is 0.326 e. The first-order valence-corrected chi connectivity index (χ1v) is 6.07. The highest BCUT2D eigenvalue weighted by Crippen LogP contribution is 2.32. The Kier molecular flexibility index (Phi) is 4.51. The molecule has 5 heteroatoms. The van der Waals surface area contributed by atoms with Crippen LogP contribution in [-0.2, 0) is 14.3 Å². The van der Waals surface area contributed by atoms with Crippen molar-refractivity contribution < 1.29 is 19.4 Å². The number of carboxylic acid groups (broad SMARTS) is 1. The lowest BCUT2D eigenvalue weighted by Gasteiger charge is -2.20. The standard InChI is InChI=1S/C12H21NO4/c1-5-9(12(15)16)13-11(14)10-6(2)7(3)17-8(10)4/h6-10H,5H2,1-4H3,(H,13,14)(H,15,16)/t6?,7?,8?,9-,10?/m0/s1. The van der Waals surface area contributed by atoms with Crippen LogP contribution in [0.3, 0.4) is 0 Å². The fourth-order valence-corrected chi connectivity index (χ4v) is 2.32. The van der Waals surface area contributed by atoms with Gasteiger partial charge in [0.1, 0.15) is 6.04 Å². The number of hydrogen-bond acceptors (Lipinski definition) is 3. The van der Waals surface area contributed by atoms with E-state index >= 15 is 0 Å². The number of aliphatic carboxylic acids is 1. The zero-order chi connectivity index (χ0) is 13.2. The van der Waals surface area contributed by atoms with Crippen LogP contribution in [0.25, 0.3) is 0 Å². The first-order valence-electron chi connectivity index (χ1n) is 6.07. The number of nitrogens with one attached hydrogen (secondary N) is 1. The molecule has 1 aliphatic rings. The van der Waals surface area contributed by atoms with Crippen molar-refractivity contribution in [1.29, 1.82) is 0 Å². The number of amides is 1. The van der Waals surface area contributed by atoms with Gasteiger partial charge >= 0.3 is 5.97 Å². The van der Waals surface area contributed by atoms with Crippen molar-refractivity contribution in [2.45, 2.75) is 52.4 Å². The molecule has 1 heterocycles. The molecule has 5 nitrogen and oxygen atoms in total. The van der Waals surface area contributed by atoms with E-state index in [2.05, 4.69) is 5.32 Å². The molecule has 17 heavy (non-hydrogen) atoms. The summed E-state index contributed by atoms with van der Waals surface area (Å²) in [7, 11) is 0. The fourth-order valence-electron chi connectivity index (χ4n) is 2.32. The van der Waals surface area contributed by atoms with Gasteiger partial charge in [-0.05, 0) is 26.2 Å². The monoisotopic (exact) mass is 243 g/mol. The summed E-state index contributed by atoms with van der Waals surface area (Å²) >= 11 is 0. The van der Waals surface area contributed by atoms with Crippen LogP contribution >= 0.6 is 0 Å². The molecular formula is C12H21NO4. The van der Waals surface area contributed by atoms with Crippen molar-refractivity contribution in [3.8, 4) is 0 Å². The van der Waals surface area contributed by atoms with Gasteiger partial charge in [0.05, 0.1) is 18.1 Å². The molecule has 0 aromatic rings. The van der Waals surface area contributed by atoms with E-state index in [0.717, 1.165) is 0 Å². The quantitative estimate of drug-likeness (QED) is 0.773. The Balaban J connectivity index is 2.67. The Hall–Kier alpha value is -1.10. The zero-order valence-corrected chi connectivity index (χ0v) is 10.8. The average Bonchev–Trinajstić information content (AvgIpc) is 2.49. The molecule has 0 saturated carbocycles. The predicted octanol–water partition coefficient (Wildman–Crippen LogP) is 1.03. The molecule has 1 amide bonds. The Morgan fingerprint density at radius 2 is 1.88 bits per heavy atom. The van der Waals surface area contributed by atoms with E-state index in [-0.39, 0.29) is 30.0 Å². The summed E-state index contributed by atoms with van der Waals surface area (Å²) in [5.74, 6) is -1.37. The van der Waals surface area contributed by atoms with E-state index in [1.54, 1.807) is 6.92 Å². The molecule has 0 aromatic heterocycles. The molecule has 1 fully saturated rings. The van der Waals surface area contributed by atoms with Crippen molar-refractivity contribution in [1.82, 2.24) is 5.32 Å². The fraction of sp³-hybridized carbons (Fsp3) is 0.833. The van der Waals surface area contributed by atoms with Crippen molar-refractivity contribution in [3.63, 3.8) is 0 Å². The molecule has 0 bridgehead atoms. The molecule has 0 spiro atoms. The first-order chi connectivity index (χ1) is 7.88. The normalized spacial score (nSPS) is 34.4. The van der Waals surface area contributed by atoms with Gasteiger partial charge in [0.2, 0.25) is 5.91 Å². The molecule has 1 rings (SSSR count). The number of carbonyl (C=O) groups is 2. The molecular weight excluding hydrogens is 222 g/mol. The van der Waals surface area contributed by atoms with Crippen molar-refractivity contribution in [3.05, 3.63) is 0 Å². The summed E-state index contributed by atoms with van der Waals surface area (Å²) in [6.45, 7) is 7.48. The van der Waals surface area contributed by atoms with E-state index in [4.69, 9.17) is 9.84 Å². The van der Waals surface area contributed by atoms with E-state index in [1.165, 1.54) is 0 Å². The van der Waals surface area contributed by atoms with Crippen LogP contribution in [0.1, 0.15) is 34.1 Å². The Morgan fingerprint density at radius 3 is 2.24 bits per heavy atom. The summed E-state index contributed by atoms with van der Waals surface area (Å²) in [6.07, 6.45) is 0.254. The van der Waals surface area contributed by atoms with E-state index in [9.17, 15) is 9.59 Å². The van der Waals surface area contributed by atoms with Crippen LogP contribution in [0.15, 0.2) is 0 Å². The van der Waals surface area contributed by atoms with Crippen LogP contribution in [0.5, 0.6) is 0 Å². The van der Waals surface area contributed by atoms with E-state index < -0.39 is 12.0 Å².